The van der Waals surface area contributed by atoms with Crippen LogP contribution in [0.3, 0.4) is 0 Å². The molecular formula is C7H13NO3. The van der Waals surface area contributed by atoms with Crippen LogP contribution < -0.4 is 0 Å². The molecule has 4 nitrogen and oxygen atoms in total. The molecule has 0 spiro atoms. The van der Waals surface area contributed by atoms with Gasteiger partial charge in [-0.1, -0.05) is 0 Å². The minimum Gasteiger partial charge on any atom is -0.391 e. The summed E-state index contributed by atoms with van der Waals surface area (Å²) in [4.78, 5) is 12.7. The number of aliphatic hydroxyl groups is 1. The summed E-state index contributed by atoms with van der Waals surface area (Å²) in [5, 5.41) is 9.08. The zero-order valence-electron chi connectivity index (χ0n) is 6.62. The second-order valence-corrected chi connectivity index (χ2v) is 2.72. The van der Waals surface area contributed by atoms with Crippen LogP contribution in [0.1, 0.15) is 6.42 Å². The van der Waals surface area contributed by atoms with Crippen molar-refractivity contribution in [2.75, 3.05) is 26.8 Å². The van der Waals surface area contributed by atoms with E-state index in [-0.39, 0.29) is 18.6 Å². The van der Waals surface area contributed by atoms with Gasteiger partial charge in [-0.3, -0.25) is 4.79 Å². The topological polar surface area (TPSA) is 49.8 Å². The zero-order chi connectivity index (χ0) is 8.27. The van der Waals surface area contributed by atoms with Gasteiger partial charge in [-0.25, -0.2) is 0 Å². The zero-order valence-corrected chi connectivity index (χ0v) is 6.62. The predicted molar refractivity (Wildman–Crippen MR) is 39.1 cm³/mol. The third kappa shape index (κ3) is 2.17. The number of nitrogens with zero attached hydrogens (tertiary/aromatic N) is 1. The van der Waals surface area contributed by atoms with Crippen molar-refractivity contribution in [2.45, 2.75) is 12.5 Å². The predicted octanol–water partition coefficient (Wildman–Crippen LogP) is -0.774. The van der Waals surface area contributed by atoms with Crippen molar-refractivity contribution in [1.82, 2.24) is 4.90 Å². The van der Waals surface area contributed by atoms with Gasteiger partial charge in [0.2, 0.25) is 5.91 Å². The van der Waals surface area contributed by atoms with E-state index in [1.807, 2.05) is 0 Å². The molecule has 64 valence electrons. The maximum atomic E-state index is 11.1. The Morgan fingerprint density at radius 2 is 2.55 bits per heavy atom. The van der Waals surface area contributed by atoms with Crippen molar-refractivity contribution in [2.24, 2.45) is 0 Å². The maximum Gasteiger partial charge on any atom is 0.248 e. The summed E-state index contributed by atoms with van der Waals surface area (Å²) in [7, 11) is 1.49. The van der Waals surface area contributed by atoms with E-state index in [0.717, 1.165) is 0 Å². The molecule has 0 saturated carbocycles. The largest absolute Gasteiger partial charge is 0.391 e. The Hall–Kier alpha value is -0.610. The standard InChI is InChI=1S/C7H13NO3/c1-11-5-7(10)8-3-2-6(9)4-8/h6,9H,2-5H2,1H3/t6-/m0/s1. The summed E-state index contributed by atoms with van der Waals surface area (Å²) >= 11 is 0. The summed E-state index contributed by atoms with van der Waals surface area (Å²) in [5.74, 6) is -0.0379. The minimum atomic E-state index is -0.337. The number of hydrogen-bond donors (Lipinski definition) is 1. The number of methoxy groups -OCH3 is 1. The molecule has 0 aromatic rings. The fourth-order valence-corrected chi connectivity index (χ4v) is 1.18. The molecule has 1 aliphatic heterocycles. The lowest BCUT2D eigenvalue weighted by Crippen LogP contribution is -2.32. The summed E-state index contributed by atoms with van der Waals surface area (Å²) in [6, 6.07) is 0. The molecule has 0 radical (unpaired) electrons. The van der Waals surface area contributed by atoms with Crippen LogP contribution in [0.4, 0.5) is 0 Å². The molecule has 11 heavy (non-hydrogen) atoms. The van der Waals surface area contributed by atoms with E-state index < -0.39 is 0 Å². The maximum absolute atomic E-state index is 11.1. The number of β-amino-alcohol motifs (C(OH)–C–C–N with tert-alkyl or cyclic N) is 1. The molecule has 1 N–H and O–H groups in total. The number of amides is 1. The average Bonchev–Trinajstić information content (AvgIpc) is 2.36. The van der Waals surface area contributed by atoms with Gasteiger partial charge >= 0.3 is 0 Å². The van der Waals surface area contributed by atoms with E-state index in [0.29, 0.717) is 19.5 Å². The van der Waals surface area contributed by atoms with Crippen molar-refractivity contribution >= 4 is 5.91 Å². The fourth-order valence-electron chi connectivity index (χ4n) is 1.18. The van der Waals surface area contributed by atoms with Gasteiger partial charge < -0.3 is 14.7 Å². The molecule has 1 rings (SSSR count). The second kappa shape index (κ2) is 3.69. The smallest absolute Gasteiger partial charge is 0.248 e. The molecule has 1 heterocycles. The Labute approximate surface area is 65.8 Å². The van der Waals surface area contributed by atoms with Gasteiger partial charge in [0.15, 0.2) is 0 Å². The van der Waals surface area contributed by atoms with E-state index in [4.69, 9.17) is 5.11 Å². The monoisotopic (exact) mass is 159 g/mol. The number of carbonyl (C=O) groups excluding carboxylic acids is 1. The van der Waals surface area contributed by atoms with Crippen LogP contribution in [-0.4, -0.2) is 48.8 Å². The van der Waals surface area contributed by atoms with E-state index in [2.05, 4.69) is 4.74 Å². The summed E-state index contributed by atoms with van der Waals surface area (Å²) < 4.78 is 4.68. The molecule has 0 aromatic carbocycles. The lowest BCUT2D eigenvalue weighted by atomic mass is 10.3. The molecule has 0 bridgehead atoms. The van der Waals surface area contributed by atoms with Crippen molar-refractivity contribution in [3.63, 3.8) is 0 Å². The molecule has 0 unspecified atom stereocenters. The first-order valence-electron chi connectivity index (χ1n) is 3.69. The molecule has 1 atom stereocenters. The molecule has 1 amide bonds. The highest BCUT2D eigenvalue weighted by Crippen LogP contribution is 2.08. The average molecular weight is 159 g/mol. The highest BCUT2D eigenvalue weighted by Gasteiger charge is 2.23. The van der Waals surface area contributed by atoms with Crippen molar-refractivity contribution in [1.29, 1.82) is 0 Å². The minimum absolute atomic E-state index is 0.0379. The van der Waals surface area contributed by atoms with Crippen LogP contribution in [0.25, 0.3) is 0 Å². The van der Waals surface area contributed by atoms with Gasteiger partial charge in [0, 0.05) is 20.2 Å². The van der Waals surface area contributed by atoms with Crippen molar-refractivity contribution < 1.29 is 14.6 Å². The van der Waals surface area contributed by atoms with E-state index in [1.165, 1.54) is 7.11 Å². The van der Waals surface area contributed by atoms with Crippen LogP contribution in [0.2, 0.25) is 0 Å². The summed E-state index contributed by atoms with van der Waals surface area (Å²) in [6.45, 7) is 1.23. The first kappa shape index (κ1) is 8.49. The molecule has 0 aromatic heterocycles. The van der Waals surface area contributed by atoms with E-state index in [1.54, 1.807) is 4.90 Å². The second-order valence-electron chi connectivity index (χ2n) is 2.72. The van der Waals surface area contributed by atoms with Crippen LogP contribution in [0.5, 0.6) is 0 Å². The van der Waals surface area contributed by atoms with Crippen LogP contribution in [0.15, 0.2) is 0 Å². The SMILES string of the molecule is COCC(=O)N1CC[C@H](O)C1. The van der Waals surface area contributed by atoms with Crippen molar-refractivity contribution in [3.8, 4) is 0 Å². The molecular weight excluding hydrogens is 146 g/mol. The highest BCUT2D eigenvalue weighted by molar-refractivity contribution is 5.77. The number of hydrogen-bond acceptors (Lipinski definition) is 3. The number of likely N-dealkylation sites (tertiary alicyclic amines) is 1. The Kier molecular flexibility index (Phi) is 2.84. The normalized spacial score (nSPS) is 24.2. The Bertz CT molecular complexity index is 149. The third-order valence-corrected chi connectivity index (χ3v) is 1.78. The van der Waals surface area contributed by atoms with Gasteiger partial charge in [-0.15, -0.1) is 0 Å². The molecule has 1 fully saturated rings. The first-order chi connectivity index (χ1) is 5.24. The number of carbonyl (C=O) groups is 1. The van der Waals surface area contributed by atoms with Crippen LogP contribution in [0, 0.1) is 0 Å². The first-order valence-corrected chi connectivity index (χ1v) is 3.69. The number of rotatable bonds is 2. The molecule has 0 aliphatic carbocycles. The Morgan fingerprint density at radius 1 is 1.82 bits per heavy atom. The van der Waals surface area contributed by atoms with Crippen molar-refractivity contribution in [3.05, 3.63) is 0 Å². The van der Waals surface area contributed by atoms with Crippen LogP contribution in [-0.2, 0) is 9.53 Å². The van der Waals surface area contributed by atoms with Gasteiger partial charge in [-0.05, 0) is 6.42 Å². The molecule has 1 saturated heterocycles. The van der Waals surface area contributed by atoms with Crippen LogP contribution >= 0.6 is 0 Å². The summed E-state index contributed by atoms with van der Waals surface area (Å²) in [6.07, 6.45) is 0.353. The van der Waals surface area contributed by atoms with Gasteiger partial charge in [0.1, 0.15) is 6.61 Å². The number of aliphatic hydroxyl groups excluding tert-OH is 1. The third-order valence-electron chi connectivity index (χ3n) is 1.78. The summed E-state index contributed by atoms with van der Waals surface area (Å²) in [5.41, 5.74) is 0. The fraction of sp³-hybridized carbons (Fsp3) is 0.857. The molecule has 4 heteroatoms. The highest BCUT2D eigenvalue weighted by atomic mass is 16.5. The molecule has 1 aliphatic rings. The van der Waals surface area contributed by atoms with Gasteiger partial charge in [0.25, 0.3) is 0 Å². The van der Waals surface area contributed by atoms with Gasteiger partial charge in [0.05, 0.1) is 6.10 Å². The quantitative estimate of drug-likeness (QED) is 0.575. The van der Waals surface area contributed by atoms with Gasteiger partial charge in [-0.2, -0.15) is 0 Å². The number of ether oxygens (including phenoxy) is 1. The Morgan fingerprint density at radius 3 is 3.00 bits per heavy atom. The lowest BCUT2D eigenvalue weighted by Gasteiger charge is -2.13. The van der Waals surface area contributed by atoms with E-state index >= 15 is 0 Å². The lowest BCUT2D eigenvalue weighted by molar-refractivity contribution is -0.134. The van der Waals surface area contributed by atoms with E-state index in [9.17, 15) is 4.79 Å². The Balaban J connectivity index is 2.31.